The SMILES string of the molecule is C[C@@]1(O)C[C@@H](O)[C@@H]2C(c3c(Cl)cccc3Cl)=NO[C@@H]21. The Morgan fingerprint density at radius 2 is 2.00 bits per heavy atom. The van der Waals surface area contributed by atoms with Gasteiger partial charge in [0.15, 0.2) is 6.10 Å². The van der Waals surface area contributed by atoms with E-state index in [9.17, 15) is 10.2 Å². The van der Waals surface area contributed by atoms with E-state index in [-0.39, 0.29) is 6.42 Å². The molecule has 0 radical (unpaired) electrons. The molecule has 0 aromatic heterocycles. The predicted molar refractivity (Wildman–Crippen MR) is 72.6 cm³/mol. The average molecular weight is 302 g/mol. The molecule has 0 amide bonds. The van der Waals surface area contributed by atoms with Crippen molar-refractivity contribution in [3.63, 3.8) is 0 Å². The molecule has 2 aliphatic rings. The fourth-order valence-corrected chi connectivity index (χ4v) is 3.48. The van der Waals surface area contributed by atoms with Gasteiger partial charge in [-0.3, -0.25) is 0 Å². The van der Waals surface area contributed by atoms with Gasteiger partial charge in [-0.1, -0.05) is 34.4 Å². The molecule has 1 heterocycles. The van der Waals surface area contributed by atoms with E-state index in [2.05, 4.69) is 5.16 Å². The molecule has 3 rings (SSSR count). The van der Waals surface area contributed by atoms with Crippen molar-refractivity contribution in [2.45, 2.75) is 31.2 Å². The Morgan fingerprint density at radius 1 is 1.37 bits per heavy atom. The lowest BCUT2D eigenvalue weighted by Crippen LogP contribution is -2.37. The van der Waals surface area contributed by atoms with Crippen LogP contribution in [0.3, 0.4) is 0 Å². The maximum atomic E-state index is 10.2. The van der Waals surface area contributed by atoms with Crippen LogP contribution in [0.5, 0.6) is 0 Å². The molecule has 4 nitrogen and oxygen atoms in total. The summed E-state index contributed by atoms with van der Waals surface area (Å²) in [4.78, 5) is 5.30. The zero-order valence-electron chi connectivity index (χ0n) is 10.2. The van der Waals surface area contributed by atoms with Gasteiger partial charge < -0.3 is 15.1 Å². The molecule has 0 unspecified atom stereocenters. The van der Waals surface area contributed by atoms with Crippen molar-refractivity contribution < 1.29 is 15.1 Å². The van der Waals surface area contributed by atoms with E-state index in [4.69, 9.17) is 28.0 Å². The lowest BCUT2D eigenvalue weighted by molar-refractivity contribution is -0.0738. The van der Waals surface area contributed by atoms with Crippen molar-refractivity contribution >= 4 is 28.9 Å². The van der Waals surface area contributed by atoms with Gasteiger partial charge in [-0.2, -0.15) is 0 Å². The fraction of sp³-hybridized carbons (Fsp3) is 0.462. The van der Waals surface area contributed by atoms with E-state index in [1.54, 1.807) is 25.1 Å². The summed E-state index contributed by atoms with van der Waals surface area (Å²) in [5, 5.41) is 25.2. The summed E-state index contributed by atoms with van der Waals surface area (Å²) in [7, 11) is 0. The first-order valence-electron chi connectivity index (χ1n) is 6.00. The van der Waals surface area contributed by atoms with Crippen LogP contribution in [-0.2, 0) is 4.84 Å². The Hall–Kier alpha value is -0.810. The predicted octanol–water partition coefficient (Wildman–Crippen LogP) is 2.23. The molecule has 1 saturated carbocycles. The molecule has 6 heteroatoms. The molecule has 1 aromatic carbocycles. The highest BCUT2D eigenvalue weighted by Gasteiger charge is 2.57. The number of oxime groups is 1. The highest BCUT2D eigenvalue weighted by Crippen LogP contribution is 2.44. The Bertz CT molecular complexity index is 539. The molecule has 19 heavy (non-hydrogen) atoms. The average Bonchev–Trinajstić information content (AvgIpc) is 2.81. The van der Waals surface area contributed by atoms with Gasteiger partial charge in [-0.05, 0) is 19.1 Å². The minimum absolute atomic E-state index is 0.240. The molecule has 0 spiro atoms. The molecule has 0 bridgehead atoms. The third kappa shape index (κ3) is 1.94. The Morgan fingerprint density at radius 3 is 2.63 bits per heavy atom. The number of fused-ring (bicyclic) bond motifs is 1. The van der Waals surface area contributed by atoms with Crippen molar-refractivity contribution in [2.75, 3.05) is 0 Å². The first kappa shape index (κ1) is 13.2. The highest BCUT2D eigenvalue weighted by molar-refractivity contribution is 6.40. The lowest BCUT2D eigenvalue weighted by atomic mass is 9.91. The molecule has 2 N–H and O–H groups in total. The van der Waals surface area contributed by atoms with Gasteiger partial charge in [0.2, 0.25) is 0 Å². The topological polar surface area (TPSA) is 62.0 Å². The quantitative estimate of drug-likeness (QED) is 0.836. The summed E-state index contributed by atoms with van der Waals surface area (Å²) < 4.78 is 0. The van der Waals surface area contributed by atoms with Gasteiger partial charge >= 0.3 is 0 Å². The van der Waals surface area contributed by atoms with E-state index in [1.165, 1.54) is 0 Å². The van der Waals surface area contributed by atoms with Gasteiger partial charge in [0, 0.05) is 12.0 Å². The van der Waals surface area contributed by atoms with Crippen molar-refractivity contribution in [3.05, 3.63) is 33.8 Å². The summed E-state index contributed by atoms with van der Waals surface area (Å²) >= 11 is 12.3. The van der Waals surface area contributed by atoms with Crippen molar-refractivity contribution in [2.24, 2.45) is 11.1 Å². The largest absolute Gasteiger partial charge is 0.392 e. The smallest absolute Gasteiger partial charge is 0.166 e. The van der Waals surface area contributed by atoms with Crippen molar-refractivity contribution in [1.29, 1.82) is 0 Å². The number of hydrogen-bond donors (Lipinski definition) is 2. The van der Waals surface area contributed by atoms with Crippen LogP contribution in [0.1, 0.15) is 18.9 Å². The summed E-state index contributed by atoms with van der Waals surface area (Å²) in [6.45, 7) is 1.63. The molecule has 102 valence electrons. The van der Waals surface area contributed by atoms with Gasteiger partial charge in [0.1, 0.15) is 5.60 Å². The van der Waals surface area contributed by atoms with E-state index in [0.29, 0.717) is 21.3 Å². The molecule has 1 aliphatic heterocycles. The maximum Gasteiger partial charge on any atom is 0.166 e. The molecule has 1 aromatic rings. The monoisotopic (exact) mass is 301 g/mol. The third-order valence-electron chi connectivity index (χ3n) is 3.78. The number of aliphatic hydroxyl groups is 2. The number of rotatable bonds is 1. The Labute approximate surface area is 120 Å². The standard InChI is InChI=1S/C13H13Cl2NO3/c1-13(18)5-8(17)10-11(16-19-12(10)13)9-6(14)3-2-4-7(9)15/h2-4,8,10,12,17-18H,5H2,1H3/t8-,10-,12+,13-/m1/s1. The van der Waals surface area contributed by atoms with Gasteiger partial charge in [-0.25, -0.2) is 0 Å². The molecule has 1 fully saturated rings. The molecular formula is C13H13Cl2NO3. The van der Waals surface area contributed by atoms with Gasteiger partial charge in [-0.15, -0.1) is 0 Å². The highest BCUT2D eigenvalue weighted by atomic mass is 35.5. The summed E-state index contributed by atoms with van der Waals surface area (Å²) in [5.41, 5.74) is -0.0377. The van der Waals surface area contributed by atoms with Crippen LogP contribution >= 0.6 is 23.2 Å². The van der Waals surface area contributed by atoms with E-state index in [0.717, 1.165) is 0 Å². The second kappa shape index (κ2) is 4.35. The number of nitrogens with zero attached hydrogens (tertiary/aromatic N) is 1. The van der Waals surface area contributed by atoms with Crippen LogP contribution < -0.4 is 0 Å². The first-order valence-corrected chi connectivity index (χ1v) is 6.76. The van der Waals surface area contributed by atoms with Crippen LogP contribution in [0, 0.1) is 5.92 Å². The third-order valence-corrected chi connectivity index (χ3v) is 4.41. The Kier molecular flexibility index (Phi) is 3.02. The summed E-state index contributed by atoms with van der Waals surface area (Å²) in [6.07, 6.45) is -1.05. The number of benzene rings is 1. The zero-order valence-corrected chi connectivity index (χ0v) is 11.7. The first-order chi connectivity index (χ1) is 8.92. The van der Waals surface area contributed by atoms with E-state index < -0.39 is 23.7 Å². The van der Waals surface area contributed by atoms with Gasteiger partial charge in [0.25, 0.3) is 0 Å². The Balaban J connectivity index is 2.05. The normalized spacial score (nSPS) is 36.9. The van der Waals surface area contributed by atoms with Crippen LogP contribution in [0.4, 0.5) is 0 Å². The second-order valence-corrected chi connectivity index (χ2v) is 6.07. The van der Waals surface area contributed by atoms with Crippen LogP contribution in [0.25, 0.3) is 0 Å². The van der Waals surface area contributed by atoms with Crippen LogP contribution in [-0.4, -0.2) is 33.7 Å². The summed E-state index contributed by atoms with van der Waals surface area (Å²) in [5.74, 6) is -0.410. The van der Waals surface area contributed by atoms with Crippen molar-refractivity contribution in [3.8, 4) is 0 Å². The van der Waals surface area contributed by atoms with E-state index in [1.807, 2.05) is 0 Å². The zero-order chi connectivity index (χ0) is 13.8. The molecular weight excluding hydrogens is 289 g/mol. The maximum absolute atomic E-state index is 10.2. The molecule has 1 aliphatic carbocycles. The lowest BCUT2D eigenvalue weighted by Gasteiger charge is -2.21. The minimum atomic E-state index is -1.11. The van der Waals surface area contributed by atoms with Crippen molar-refractivity contribution in [1.82, 2.24) is 0 Å². The fourth-order valence-electron chi connectivity index (χ4n) is 2.89. The van der Waals surface area contributed by atoms with Gasteiger partial charge in [0.05, 0.1) is 27.8 Å². The molecule has 0 saturated heterocycles. The van der Waals surface area contributed by atoms with Crippen LogP contribution in [0.15, 0.2) is 23.4 Å². The second-order valence-electron chi connectivity index (χ2n) is 5.25. The number of aliphatic hydroxyl groups excluding tert-OH is 1. The van der Waals surface area contributed by atoms with E-state index >= 15 is 0 Å². The van der Waals surface area contributed by atoms with Crippen LogP contribution in [0.2, 0.25) is 10.0 Å². The minimum Gasteiger partial charge on any atom is -0.392 e. The molecule has 4 atom stereocenters. The number of halogens is 2. The summed E-state index contributed by atoms with van der Waals surface area (Å²) in [6, 6.07) is 5.15. The number of hydrogen-bond acceptors (Lipinski definition) is 4.